The van der Waals surface area contributed by atoms with E-state index in [2.05, 4.69) is 10.3 Å². The van der Waals surface area contributed by atoms with Gasteiger partial charge >= 0.3 is 5.97 Å². The number of nitrogens with one attached hydrogen (secondary N) is 1. The summed E-state index contributed by atoms with van der Waals surface area (Å²) in [7, 11) is 0. The summed E-state index contributed by atoms with van der Waals surface area (Å²) in [4.78, 5) is 14.9. The average molecular weight is 150 g/mol. The molecule has 0 aliphatic carbocycles. The monoisotopic (exact) mass is 150 g/mol. The second-order valence-electron chi connectivity index (χ2n) is 2.17. The second-order valence-corrected chi connectivity index (χ2v) is 2.17. The number of cyclic esters (lactones) is 1. The topological polar surface area (TPSA) is 51.2 Å². The van der Waals surface area contributed by atoms with Crippen LogP contribution in [0.2, 0.25) is 0 Å². The maximum Gasteiger partial charge on any atom is 0.342 e. The Hall–Kier alpha value is -1.58. The summed E-state index contributed by atoms with van der Waals surface area (Å²) >= 11 is 0. The fourth-order valence-electron chi connectivity index (χ4n) is 0.970. The van der Waals surface area contributed by atoms with Gasteiger partial charge in [0, 0.05) is 6.20 Å². The third kappa shape index (κ3) is 0.920. The summed E-state index contributed by atoms with van der Waals surface area (Å²) in [6.07, 6.45) is 3.17. The molecule has 0 saturated heterocycles. The van der Waals surface area contributed by atoms with Gasteiger partial charge in [-0.1, -0.05) is 0 Å². The van der Waals surface area contributed by atoms with Gasteiger partial charge < -0.3 is 10.1 Å². The van der Waals surface area contributed by atoms with E-state index in [1.165, 1.54) is 0 Å². The normalized spacial score (nSPS) is 14.7. The van der Waals surface area contributed by atoms with Gasteiger partial charge in [-0.3, -0.25) is 4.98 Å². The third-order valence-corrected chi connectivity index (χ3v) is 1.51. The number of pyridine rings is 1. The van der Waals surface area contributed by atoms with Gasteiger partial charge in [0.25, 0.3) is 0 Å². The van der Waals surface area contributed by atoms with E-state index < -0.39 is 0 Å². The van der Waals surface area contributed by atoms with Crippen LogP contribution < -0.4 is 5.32 Å². The number of hydrogen-bond acceptors (Lipinski definition) is 4. The van der Waals surface area contributed by atoms with Gasteiger partial charge in [0.15, 0.2) is 6.73 Å². The SMILES string of the molecule is O=C1OCNc2cnccc21. The minimum Gasteiger partial charge on any atom is -0.441 e. The molecule has 2 rings (SSSR count). The Labute approximate surface area is 63.2 Å². The van der Waals surface area contributed by atoms with Crippen molar-refractivity contribution in [1.29, 1.82) is 0 Å². The molecule has 1 N–H and O–H groups in total. The first kappa shape index (κ1) is 6.15. The average Bonchev–Trinajstić information content (AvgIpc) is 2.06. The number of anilines is 1. The minimum atomic E-state index is -0.291. The second kappa shape index (κ2) is 2.23. The fourth-order valence-corrected chi connectivity index (χ4v) is 0.970. The molecular formula is C7H6N2O2. The first-order valence-electron chi connectivity index (χ1n) is 3.23. The number of ether oxygens (including phenoxy) is 1. The standard InChI is InChI=1S/C7H6N2O2/c10-7-5-1-2-8-3-6(5)9-4-11-7/h1-3,9H,4H2. The van der Waals surface area contributed by atoms with Crippen molar-refractivity contribution in [2.75, 3.05) is 12.0 Å². The van der Waals surface area contributed by atoms with Crippen molar-refractivity contribution in [2.45, 2.75) is 0 Å². The van der Waals surface area contributed by atoms with Crippen LogP contribution in [0.5, 0.6) is 0 Å². The predicted octanol–water partition coefficient (Wildman–Crippen LogP) is 0.621. The summed E-state index contributed by atoms with van der Waals surface area (Å²) in [6.45, 7) is 0.234. The summed E-state index contributed by atoms with van der Waals surface area (Å²) in [6, 6.07) is 1.63. The van der Waals surface area contributed by atoms with Crippen LogP contribution in [0.3, 0.4) is 0 Å². The molecule has 1 aliphatic heterocycles. The van der Waals surface area contributed by atoms with E-state index >= 15 is 0 Å². The molecule has 0 unspecified atom stereocenters. The number of hydrogen-bond donors (Lipinski definition) is 1. The molecule has 0 fully saturated rings. The van der Waals surface area contributed by atoms with Crippen LogP contribution in [0.4, 0.5) is 5.69 Å². The van der Waals surface area contributed by atoms with E-state index in [0.29, 0.717) is 5.56 Å². The molecule has 0 radical (unpaired) electrons. The maximum atomic E-state index is 11.0. The van der Waals surface area contributed by atoms with Crippen LogP contribution in [-0.2, 0) is 4.74 Å². The fraction of sp³-hybridized carbons (Fsp3) is 0.143. The predicted molar refractivity (Wildman–Crippen MR) is 38.1 cm³/mol. The zero-order valence-corrected chi connectivity index (χ0v) is 5.70. The van der Waals surface area contributed by atoms with E-state index in [9.17, 15) is 4.79 Å². The Bertz CT molecular complexity index is 298. The lowest BCUT2D eigenvalue weighted by Gasteiger charge is -2.15. The zero-order chi connectivity index (χ0) is 7.68. The van der Waals surface area contributed by atoms with E-state index in [-0.39, 0.29) is 12.7 Å². The number of carbonyl (C=O) groups is 1. The minimum absolute atomic E-state index is 0.234. The maximum absolute atomic E-state index is 11.0. The van der Waals surface area contributed by atoms with E-state index in [1.807, 2.05) is 0 Å². The number of carbonyl (C=O) groups excluding carboxylic acids is 1. The number of fused-ring (bicyclic) bond motifs is 1. The molecule has 0 spiro atoms. The molecule has 0 atom stereocenters. The van der Waals surface area contributed by atoms with Crippen molar-refractivity contribution in [2.24, 2.45) is 0 Å². The van der Waals surface area contributed by atoms with Crippen molar-refractivity contribution in [3.8, 4) is 0 Å². The van der Waals surface area contributed by atoms with Crippen molar-refractivity contribution >= 4 is 11.7 Å². The van der Waals surface area contributed by atoms with Gasteiger partial charge in [0.1, 0.15) is 0 Å². The van der Waals surface area contributed by atoms with Crippen LogP contribution in [0.25, 0.3) is 0 Å². The number of aromatic nitrogens is 1. The molecule has 0 saturated carbocycles. The molecule has 4 heteroatoms. The molecule has 1 aromatic heterocycles. The lowest BCUT2D eigenvalue weighted by Crippen LogP contribution is -2.20. The van der Waals surface area contributed by atoms with Crippen molar-refractivity contribution in [3.05, 3.63) is 24.0 Å². The summed E-state index contributed by atoms with van der Waals surface area (Å²) in [5.74, 6) is -0.291. The van der Waals surface area contributed by atoms with Gasteiger partial charge in [-0.2, -0.15) is 0 Å². The third-order valence-electron chi connectivity index (χ3n) is 1.51. The Balaban J connectivity index is 2.52. The van der Waals surface area contributed by atoms with E-state index in [4.69, 9.17) is 4.74 Å². The molecule has 56 valence electrons. The molecule has 1 aromatic rings. The Morgan fingerprint density at radius 1 is 1.64 bits per heavy atom. The zero-order valence-electron chi connectivity index (χ0n) is 5.70. The summed E-state index contributed by atoms with van der Waals surface area (Å²) in [5, 5.41) is 2.89. The molecular weight excluding hydrogens is 144 g/mol. The number of rotatable bonds is 0. The lowest BCUT2D eigenvalue weighted by molar-refractivity contribution is 0.0517. The van der Waals surface area contributed by atoms with E-state index in [0.717, 1.165) is 5.69 Å². The highest BCUT2D eigenvalue weighted by Crippen LogP contribution is 2.17. The van der Waals surface area contributed by atoms with E-state index in [1.54, 1.807) is 18.5 Å². The molecule has 0 bridgehead atoms. The van der Waals surface area contributed by atoms with Crippen LogP contribution in [-0.4, -0.2) is 17.7 Å². The number of esters is 1. The van der Waals surface area contributed by atoms with Crippen molar-refractivity contribution in [3.63, 3.8) is 0 Å². The number of nitrogens with zero attached hydrogens (tertiary/aromatic N) is 1. The largest absolute Gasteiger partial charge is 0.441 e. The Kier molecular flexibility index (Phi) is 1.25. The molecule has 11 heavy (non-hydrogen) atoms. The molecule has 4 nitrogen and oxygen atoms in total. The van der Waals surface area contributed by atoms with Crippen molar-refractivity contribution in [1.82, 2.24) is 4.98 Å². The van der Waals surface area contributed by atoms with Crippen LogP contribution >= 0.6 is 0 Å². The Morgan fingerprint density at radius 2 is 2.55 bits per heavy atom. The highest BCUT2D eigenvalue weighted by atomic mass is 16.5. The first-order valence-corrected chi connectivity index (χ1v) is 3.23. The van der Waals surface area contributed by atoms with Gasteiger partial charge in [-0.25, -0.2) is 4.79 Å². The quantitative estimate of drug-likeness (QED) is 0.551. The lowest BCUT2D eigenvalue weighted by atomic mass is 10.2. The molecule has 0 aromatic carbocycles. The summed E-state index contributed by atoms with van der Waals surface area (Å²) < 4.78 is 4.73. The van der Waals surface area contributed by atoms with Gasteiger partial charge in [-0.05, 0) is 6.07 Å². The first-order chi connectivity index (χ1) is 5.38. The van der Waals surface area contributed by atoms with Crippen LogP contribution in [0.1, 0.15) is 10.4 Å². The molecule has 2 heterocycles. The molecule has 1 aliphatic rings. The summed E-state index contributed by atoms with van der Waals surface area (Å²) in [5.41, 5.74) is 1.29. The smallest absolute Gasteiger partial charge is 0.342 e. The Morgan fingerprint density at radius 3 is 3.36 bits per heavy atom. The van der Waals surface area contributed by atoms with Gasteiger partial charge in [0.05, 0.1) is 17.4 Å². The van der Waals surface area contributed by atoms with Crippen LogP contribution in [0, 0.1) is 0 Å². The van der Waals surface area contributed by atoms with Gasteiger partial charge in [-0.15, -0.1) is 0 Å². The highest BCUT2D eigenvalue weighted by molar-refractivity contribution is 5.96. The van der Waals surface area contributed by atoms with Crippen molar-refractivity contribution < 1.29 is 9.53 Å². The molecule has 0 amide bonds. The van der Waals surface area contributed by atoms with Gasteiger partial charge in [0.2, 0.25) is 0 Å². The van der Waals surface area contributed by atoms with Crippen LogP contribution in [0.15, 0.2) is 18.5 Å². The highest BCUT2D eigenvalue weighted by Gasteiger charge is 2.16.